The molecule has 1 fully saturated rings. The van der Waals surface area contributed by atoms with Gasteiger partial charge in [0, 0.05) is 13.0 Å². The number of carbonyl (C=O) groups is 8. The van der Waals surface area contributed by atoms with Gasteiger partial charge in [0.25, 0.3) is 0 Å². The van der Waals surface area contributed by atoms with Gasteiger partial charge in [0.05, 0.1) is 18.6 Å². The predicted octanol–water partition coefficient (Wildman–Crippen LogP) is -2.86. The maximum absolute atomic E-state index is 13.6. The molecule has 18 heteroatoms. The van der Waals surface area contributed by atoms with E-state index in [1.54, 1.807) is 44.2 Å². The molecule has 1 aromatic rings. The molecule has 0 unspecified atom stereocenters. The number of amides is 7. The smallest absolute Gasteiger partial charge is 0.326 e. The molecule has 18 nitrogen and oxygen atoms in total. The lowest BCUT2D eigenvalue weighted by atomic mass is 10.0. The van der Waals surface area contributed by atoms with Crippen LogP contribution in [0.4, 0.5) is 0 Å². The summed E-state index contributed by atoms with van der Waals surface area (Å²) in [6.45, 7) is 4.75. The monoisotopic (exact) mass is 718 g/mol. The Bertz CT molecular complexity index is 1420. The lowest BCUT2D eigenvalue weighted by Crippen LogP contribution is -2.61. The molecule has 2 rings (SSSR count). The lowest BCUT2D eigenvalue weighted by Gasteiger charge is -2.31. The summed E-state index contributed by atoms with van der Waals surface area (Å²) < 4.78 is 0. The standard InChI is InChI=1S/C33H50N8O10/c1-17(2)14-23(33(50)51)39-29(46)21(11-12-25(35)43)37-31(48)27(18(3)42)40-30(47)24-10-7-13-41(24)32(49)22(16-26(36)44)38-28(45)20(34)15-19-8-5-4-6-9-19/h4-6,8-9,17-18,20-24,27,42H,7,10-16,34H2,1-3H3,(H2,35,43)(H2,36,44)(H,37,48)(H,38,45)(H,39,46)(H,40,47)(H,50,51)/t18-,20+,21+,22+,23+,24+,27+/m1/s1. The average molecular weight is 719 g/mol. The first kappa shape index (κ1) is 42.1. The highest BCUT2D eigenvalue weighted by Crippen LogP contribution is 2.20. The topological polar surface area (TPSA) is 306 Å². The van der Waals surface area contributed by atoms with Crippen molar-refractivity contribution in [3.63, 3.8) is 0 Å². The third-order valence-electron chi connectivity index (χ3n) is 8.19. The molecule has 282 valence electrons. The van der Waals surface area contributed by atoms with Crippen molar-refractivity contribution in [1.29, 1.82) is 0 Å². The van der Waals surface area contributed by atoms with E-state index >= 15 is 0 Å². The van der Waals surface area contributed by atoms with Gasteiger partial charge in [-0.25, -0.2) is 4.79 Å². The minimum Gasteiger partial charge on any atom is -0.480 e. The van der Waals surface area contributed by atoms with Gasteiger partial charge in [-0.3, -0.25) is 33.6 Å². The number of aliphatic carboxylic acids is 1. The number of hydrogen-bond donors (Lipinski definition) is 9. The van der Waals surface area contributed by atoms with Crippen molar-refractivity contribution < 1.29 is 48.6 Å². The van der Waals surface area contributed by atoms with Crippen LogP contribution in [0.3, 0.4) is 0 Å². The highest BCUT2D eigenvalue weighted by molar-refractivity contribution is 5.98. The maximum Gasteiger partial charge on any atom is 0.326 e. The van der Waals surface area contributed by atoms with Gasteiger partial charge in [-0.05, 0) is 50.5 Å². The highest BCUT2D eigenvalue weighted by atomic mass is 16.4. The summed E-state index contributed by atoms with van der Waals surface area (Å²) in [6, 6.07) is 0.749. The average Bonchev–Trinajstić information content (AvgIpc) is 3.54. The second-order valence-corrected chi connectivity index (χ2v) is 13.0. The number of aliphatic hydroxyl groups excluding tert-OH is 1. The largest absolute Gasteiger partial charge is 0.480 e. The lowest BCUT2D eigenvalue weighted by molar-refractivity contribution is -0.144. The van der Waals surface area contributed by atoms with Gasteiger partial charge in [0.15, 0.2) is 0 Å². The summed E-state index contributed by atoms with van der Waals surface area (Å²) in [4.78, 5) is 103. The first-order chi connectivity index (χ1) is 23.9. The molecule has 7 amide bonds. The molecule has 0 saturated carbocycles. The molecule has 1 saturated heterocycles. The summed E-state index contributed by atoms with van der Waals surface area (Å²) in [7, 11) is 0. The van der Waals surface area contributed by atoms with E-state index in [0.717, 1.165) is 10.5 Å². The Morgan fingerprint density at radius 1 is 0.843 bits per heavy atom. The first-order valence-electron chi connectivity index (χ1n) is 16.7. The molecule has 0 radical (unpaired) electrons. The first-order valence-corrected chi connectivity index (χ1v) is 16.7. The molecule has 1 aromatic carbocycles. The van der Waals surface area contributed by atoms with Gasteiger partial charge in [-0.1, -0.05) is 44.2 Å². The minimum atomic E-state index is -1.66. The van der Waals surface area contributed by atoms with Crippen LogP contribution in [0, 0.1) is 5.92 Å². The SMILES string of the molecule is CC(C)C[C@H](NC(=O)[C@H](CCC(N)=O)NC(=O)[C@@H](NC(=O)[C@@H]1CCCN1C(=O)[C@H](CC(N)=O)NC(=O)[C@@H](N)Cc1ccccc1)[C@@H](C)O)C(=O)O. The number of aliphatic hydroxyl groups is 1. The third-order valence-corrected chi connectivity index (χ3v) is 8.19. The van der Waals surface area contributed by atoms with E-state index in [-0.39, 0.29) is 44.6 Å². The van der Waals surface area contributed by atoms with Crippen molar-refractivity contribution in [3.8, 4) is 0 Å². The summed E-state index contributed by atoms with van der Waals surface area (Å²) in [5.74, 6) is -7.45. The van der Waals surface area contributed by atoms with E-state index in [4.69, 9.17) is 17.2 Å². The fourth-order valence-corrected chi connectivity index (χ4v) is 5.58. The third kappa shape index (κ3) is 13.6. The number of benzene rings is 1. The van der Waals surface area contributed by atoms with Crippen LogP contribution in [0.5, 0.6) is 0 Å². The number of nitrogens with one attached hydrogen (secondary N) is 4. The van der Waals surface area contributed by atoms with Gasteiger partial charge in [0.1, 0.15) is 30.2 Å². The minimum absolute atomic E-state index is 0.0557. The zero-order valence-electron chi connectivity index (χ0n) is 29.0. The molecule has 7 atom stereocenters. The quantitative estimate of drug-likeness (QED) is 0.0660. The second-order valence-electron chi connectivity index (χ2n) is 13.0. The van der Waals surface area contributed by atoms with Gasteiger partial charge < -0.3 is 53.6 Å². The Morgan fingerprint density at radius 2 is 1.45 bits per heavy atom. The van der Waals surface area contributed by atoms with Crippen LogP contribution in [0.2, 0.25) is 0 Å². The van der Waals surface area contributed by atoms with Crippen LogP contribution in [0.1, 0.15) is 64.9 Å². The highest BCUT2D eigenvalue weighted by Gasteiger charge is 2.40. The molecule has 1 aliphatic rings. The molecule has 0 spiro atoms. The molecule has 1 heterocycles. The number of hydrogen-bond acceptors (Lipinski definition) is 10. The molecule has 0 aromatic heterocycles. The van der Waals surface area contributed by atoms with Crippen molar-refractivity contribution in [1.82, 2.24) is 26.2 Å². The van der Waals surface area contributed by atoms with Gasteiger partial charge in [-0.15, -0.1) is 0 Å². The van der Waals surface area contributed by atoms with E-state index in [1.165, 1.54) is 6.92 Å². The molecular formula is C33H50N8O10. The Morgan fingerprint density at radius 3 is 2.00 bits per heavy atom. The van der Waals surface area contributed by atoms with Crippen LogP contribution in [-0.4, -0.2) is 111 Å². The summed E-state index contributed by atoms with van der Waals surface area (Å²) in [5.41, 5.74) is 17.4. The van der Waals surface area contributed by atoms with Gasteiger partial charge >= 0.3 is 5.97 Å². The van der Waals surface area contributed by atoms with Crippen LogP contribution in [0.15, 0.2) is 30.3 Å². The van der Waals surface area contributed by atoms with E-state index in [9.17, 15) is 48.6 Å². The predicted molar refractivity (Wildman–Crippen MR) is 182 cm³/mol. The van der Waals surface area contributed by atoms with Crippen LogP contribution in [-0.2, 0) is 44.8 Å². The van der Waals surface area contributed by atoms with Crippen molar-refractivity contribution in [3.05, 3.63) is 35.9 Å². The van der Waals surface area contributed by atoms with Crippen molar-refractivity contribution in [2.75, 3.05) is 6.54 Å². The summed E-state index contributed by atoms with van der Waals surface area (Å²) in [5, 5.41) is 29.5. The van der Waals surface area contributed by atoms with Crippen LogP contribution >= 0.6 is 0 Å². The molecule has 0 bridgehead atoms. The van der Waals surface area contributed by atoms with Gasteiger partial charge in [0.2, 0.25) is 41.4 Å². The fourth-order valence-electron chi connectivity index (χ4n) is 5.58. The molecule has 1 aliphatic heterocycles. The van der Waals surface area contributed by atoms with E-state index < -0.39 is 96.1 Å². The molecule has 0 aliphatic carbocycles. The van der Waals surface area contributed by atoms with Crippen molar-refractivity contribution in [2.45, 2.75) is 108 Å². The number of primary amides is 2. The number of nitrogens with zero attached hydrogens (tertiary/aromatic N) is 1. The maximum atomic E-state index is 13.6. The van der Waals surface area contributed by atoms with Crippen molar-refractivity contribution in [2.24, 2.45) is 23.1 Å². The zero-order chi connectivity index (χ0) is 38.4. The fraction of sp³-hybridized carbons (Fsp3) is 0.576. The van der Waals surface area contributed by atoms with E-state index in [2.05, 4.69) is 21.3 Å². The molecule has 12 N–H and O–H groups in total. The van der Waals surface area contributed by atoms with E-state index in [0.29, 0.717) is 6.42 Å². The van der Waals surface area contributed by atoms with Crippen LogP contribution in [0.25, 0.3) is 0 Å². The number of nitrogens with two attached hydrogens (primary N) is 3. The summed E-state index contributed by atoms with van der Waals surface area (Å²) in [6.07, 6.45) is -2.08. The number of carboxylic acid groups (broad SMARTS) is 1. The zero-order valence-corrected chi connectivity index (χ0v) is 29.0. The van der Waals surface area contributed by atoms with Crippen LogP contribution < -0.4 is 38.5 Å². The number of rotatable bonds is 20. The Balaban J connectivity index is 2.20. The molecular weight excluding hydrogens is 668 g/mol. The Hall–Kier alpha value is -5.10. The van der Waals surface area contributed by atoms with E-state index in [1.807, 2.05) is 0 Å². The van der Waals surface area contributed by atoms with Gasteiger partial charge in [-0.2, -0.15) is 0 Å². The Labute approximate surface area is 295 Å². The molecule has 51 heavy (non-hydrogen) atoms. The normalized spacial score (nSPS) is 17.6. The number of carbonyl (C=O) groups excluding carboxylic acids is 7. The number of likely N-dealkylation sites (tertiary alicyclic amines) is 1. The second kappa shape index (κ2) is 19.9. The summed E-state index contributed by atoms with van der Waals surface area (Å²) >= 11 is 0. The Kier molecular flexibility index (Phi) is 16.4. The number of carboxylic acids is 1. The van der Waals surface area contributed by atoms with Crippen molar-refractivity contribution >= 4 is 47.3 Å².